The summed E-state index contributed by atoms with van der Waals surface area (Å²) in [6.45, 7) is 3.85. The van der Waals surface area contributed by atoms with Gasteiger partial charge in [-0.2, -0.15) is 0 Å². The molecule has 0 radical (unpaired) electrons. The zero-order valence-corrected chi connectivity index (χ0v) is 13.2. The monoisotopic (exact) mass is 319 g/mol. The number of carbonyl (C=O) groups excluding carboxylic acids is 2. The van der Waals surface area contributed by atoms with Crippen molar-refractivity contribution in [1.29, 1.82) is 0 Å². The number of amides is 3. The number of aliphatic carboxylic acids is 1. The molecule has 0 atom stereocenters. The fourth-order valence-electron chi connectivity index (χ4n) is 2.10. The molecule has 0 aliphatic heterocycles. The summed E-state index contributed by atoms with van der Waals surface area (Å²) in [5.41, 5.74) is 0.205. The standard InChI is InChI=1S/C16H21N3O4/c1-10(2)18-15(23)19-12-5-3-11(4-6-12)13(20)17-9-16(7-8-16)14(21)22/h3-6,10H,7-9H2,1-2H3,(H,17,20)(H,21,22)(H2,18,19,23). The Labute approximate surface area is 134 Å². The number of nitrogens with one attached hydrogen (secondary N) is 3. The normalized spacial score (nSPS) is 14.9. The van der Waals surface area contributed by atoms with Crippen molar-refractivity contribution in [3.63, 3.8) is 0 Å². The summed E-state index contributed by atoms with van der Waals surface area (Å²) in [5, 5.41) is 17.1. The zero-order valence-electron chi connectivity index (χ0n) is 13.2. The van der Waals surface area contributed by atoms with Crippen molar-refractivity contribution in [3.8, 4) is 0 Å². The molecule has 4 N–H and O–H groups in total. The van der Waals surface area contributed by atoms with Crippen molar-refractivity contribution in [2.45, 2.75) is 32.7 Å². The first-order valence-corrected chi connectivity index (χ1v) is 7.51. The second kappa shape index (κ2) is 6.68. The summed E-state index contributed by atoms with van der Waals surface area (Å²) in [4.78, 5) is 34.6. The number of anilines is 1. The SMILES string of the molecule is CC(C)NC(=O)Nc1ccc(C(=O)NCC2(C(=O)O)CC2)cc1. The van der Waals surface area contributed by atoms with Gasteiger partial charge in [-0.1, -0.05) is 0 Å². The van der Waals surface area contributed by atoms with Gasteiger partial charge in [0.15, 0.2) is 0 Å². The lowest BCUT2D eigenvalue weighted by Gasteiger charge is -2.12. The largest absolute Gasteiger partial charge is 0.481 e. The maximum absolute atomic E-state index is 12.0. The molecule has 1 aliphatic rings. The summed E-state index contributed by atoms with van der Waals surface area (Å²) in [5.74, 6) is -1.19. The molecular weight excluding hydrogens is 298 g/mol. The fourth-order valence-corrected chi connectivity index (χ4v) is 2.10. The number of rotatable bonds is 6. The van der Waals surface area contributed by atoms with Crippen LogP contribution in [0.4, 0.5) is 10.5 Å². The number of carboxylic acids is 1. The number of urea groups is 1. The van der Waals surface area contributed by atoms with Gasteiger partial charge in [-0.25, -0.2) is 4.79 Å². The van der Waals surface area contributed by atoms with E-state index in [9.17, 15) is 14.4 Å². The van der Waals surface area contributed by atoms with Crippen molar-refractivity contribution in [2.24, 2.45) is 5.41 Å². The summed E-state index contributed by atoms with van der Waals surface area (Å²) >= 11 is 0. The minimum absolute atomic E-state index is 0.0315. The van der Waals surface area contributed by atoms with Crippen LogP contribution in [0, 0.1) is 5.41 Å². The van der Waals surface area contributed by atoms with E-state index in [1.54, 1.807) is 24.3 Å². The van der Waals surface area contributed by atoms with Gasteiger partial charge in [-0.15, -0.1) is 0 Å². The van der Waals surface area contributed by atoms with E-state index in [0.29, 0.717) is 24.1 Å². The van der Waals surface area contributed by atoms with E-state index in [1.807, 2.05) is 13.8 Å². The van der Waals surface area contributed by atoms with Crippen molar-refractivity contribution >= 4 is 23.6 Å². The molecule has 0 aromatic heterocycles. The van der Waals surface area contributed by atoms with Gasteiger partial charge >= 0.3 is 12.0 Å². The van der Waals surface area contributed by atoms with Crippen LogP contribution in [0.3, 0.4) is 0 Å². The molecule has 0 heterocycles. The molecule has 1 fully saturated rings. The van der Waals surface area contributed by atoms with Gasteiger partial charge in [0.05, 0.1) is 5.41 Å². The van der Waals surface area contributed by atoms with Gasteiger partial charge in [0.25, 0.3) is 5.91 Å². The smallest absolute Gasteiger partial charge is 0.319 e. The van der Waals surface area contributed by atoms with Crippen molar-refractivity contribution < 1.29 is 19.5 Å². The highest BCUT2D eigenvalue weighted by Gasteiger charge is 2.50. The maximum atomic E-state index is 12.0. The molecule has 0 unspecified atom stereocenters. The predicted octanol–water partition coefficient (Wildman–Crippen LogP) is 1.81. The van der Waals surface area contributed by atoms with Crippen LogP contribution in [-0.2, 0) is 4.79 Å². The summed E-state index contributed by atoms with van der Waals surface area (Å²) < 4.78 is 0. The summed E-state index contributed by atoms with van der Waals surface area (Å²) in [7, 11) is 0. The Morgan fingerprint density at radius 1 is 1.17 bits per heavy atom. The third-order valence-corrected chi connectivity index (χ3v) is 3.72. The molecule has 1 aromatic carbocycles. The first kappa shape index (κ1) is 16.8. The van der Waals surface area contributed by atoms with Crippen LogP contribution in [-0.4, -0.2) is 35.6 Å². The number of hydrogen-bond donors (Lipinski definition) is 4. The van der Waals surface area contributed by atoms with Crippen LogP contribution in [0.1, 0.15) is 37.0 Å². The quantitative estimate of drug-likeness (QED) is 0.641. The fraction of sp³-hybridized carbons (Fsp3) is 0.438. The lowest BCUT2D eigenvalue weighted by Crippen LogP contribution is -2.34. The molecular formula is C16H21N3O4. The molecule has 124 valence electrons. The third-order valence-electron chi connectivity index (χ3n) is 3.72. The molecule has 1 saturated carbocycles. The number of carboxylic acid groups (broad SMARTS) is 1. The number of benzene rings is 1. The van der Waals surface area contributed by atoms with E-state index in [1.165, 1.54) is 0 Å². The van der Waals surface area contributed by atoms with Crippen molar-refractivity contribution in [2.75, 3.05) is 11.9 Å². The second-order valence-corrected chi connectivity index (χ2v) is 6.10. The van der Waals surface area contributed by atoms with E-state index < -0.39 is 11.4 Å². The lowest BCUT2D eigenvalue weighted by molar-refractivity contribution is -0.143. The highest BCUT2D eigenvalue weighted by molar-refractivity contribution is 5.96. The van der Waals surface area contributed by atoms with Crippen molar-refractivity contribution in [1.82, 2.24) is 10.6 Å². The molecule has 1 aromatic rings. The Kier molecular flexibility index (Phi) is 4.88. The molecule has 0 spiro atoms. The van der Waals surface area contributed by atoms with Crippen LogP contribution in [0.2, 0.25) is 0 Å². The van der Waals surface area contributed by atoms with Crippen LogP contribution in [0.15, 0.2) is 24.3 Å². The molecule has 7 nitrogen and oxygen atoms in total. The summed E-state index contributed by atoms with van der Waals surface area (Å²) in [6.07, 6.45) is 1.19. The van der Waals surface area contributed by atoms with Crippen LogP contribution >= 0.6 is 0 Å². The van der Waals surface area contributed by atoms with Gasteiger partial charge in [-0.05, 0) is 51.0 Å². The highest BCUT2D eigenvalue weighted by atomic mass is 16.4. The first-order valence-electron chi connectivity index (χ1n) is 7.51. The van der Waals surface area contributed by atoms with E-state index in [0.717, 1.165) is 0 Å². The molecule has 23 heavy (non-hydrogen) atoms. The average molecular weight is 319 g/mol. The van der Waals surface area contributed by atoms with Gasteiger partial charge in [-0.3, -0.25) is 9.59 Å². The van der Waals surface area contributed by atoms with Crippen molar-refractivity contribution in [3.05, 3.63) is 29.8 Å². The Balaban J connectivity index is 1.87. The number of carbonyl (C=O) groups is 3. The van der Waals surface area contributed by atoms with Gasteiger partial charge in [0, 0.05) is 23.8 Å². The van der Waals surface area contributed by atoms with Crippen LogP contribution in [0.5, 0.6) is 0 Å². The van der Waals surface area contributed by atoms with E-state index in [-0.39, 0.29) is 24.5 Å². The molecule has 0 bridgehead atoms. The third kappa shape index (κ3) is 4.45. The molecule has 0 saturated heterocycles. The first-order chi connectivity index (χ1) is 10.8. The minimum atomic E-state index is -0.867. The zero-order chi connectivity index (χ0) is 17.0. The topological polar surface area (TPSA) is 108 Å². The molecule has 1 aliphatic carbocycles. The molecule has 7 heteroatoms. The molecule has 2 rings (SSSR count). The highest BCUT2D eigenvalue weighted by Crippen LogP contribution is 2.45. The minimum Gasteiger partial charge on any atom is -0.481 e. The predicted molar refractivity (Wildman–Crippen MR) is 85.4 cm³/mol. The van der Waals surface area contributed by atoms with Gasteiger partial charge in [0.2, 0.25) is 0 Å². The van der Waals surface area contributed by atoms with Gasteiger partial charge in [0.1, 0.15) is 0 Å². The second-order valence-electron chi connectivity index (χ2n) is 6.10. The lowest BCUT2D eigenvalue weighted by atomic mass is 10.1. The Bertz CT molecular complexity index is 606. The molecule has 3 amide bonds. The van der Waals surface area contributed by atoms with Crippen LogP contribution < -0.4 is 16.0 Å². The van der Waals surface area contributed by atoms with Gasteiger partial charge < -0.3 is 21.1 Å². The average Bonchev–Trinajstić information content (AvgIpc) is 3.26. The Morgan fingerprint density at radius 3 is 2.26 bits per heavy atom. The Hall–Kier alpha value is -2.57. The summed E-state index contributed by atoms with van der Waals surface area (Å²) in [6, 6.07) is 6.14. The van der Waals surface area contributed by atoms with E-state index in [2.05, 4.69) is 16.0 Å². The number of hydrogen-bond acceptors (Lipinski definition) is 3. The Morgan fingerprint density at radius 2 is 1.78 bits per heavy atom. The van der Waals surface area contributed by atoms with Crippen LogP contribution in [0.25, 0.3) is 0 Å². The van der Waals surface area contributed by atoms with E-state index >= 15 is 0 Å². The maximum Gasteiger partial charge on any atom is 0.319 e. The van der Waals surface area contributed by atoms with E-state index in [4.69, 9.17) is 5.11 Å².